The smallest absolute Gasteiger partial charge is 0.193 e. The van der Waals surface area contributed by atoms with Gasteiger partial charge >= 0.3 is 0 Å². The van der Waals surface area contributed by atoms with Crippen LogP contribution in [0.3, 0.4) is 0 Å². The predicted octanol–water partition coefficient (Wildman–Crippen LogP) is 2.10. The van der Waals surface area contributed by atoms with Crippen LogP contribution >= 0.6 is 11.3 Å². The highest BCUT2D eigenvalue weighted by atomic mass is 32.1. The monoisotopic (exact) mass is 365 g/mol. The molecule has 0 unspecified atom stereocenters. The lowest BCUT2D eigenvalue weighted by Crippen LogP contribution is -2.58. The first-order valence-electron chi connectivity index (χ1n) is 9.28. The van der Waals surface area contributed by atoms with E-state index in [0.717, 1.165) is 55.8 Å². The molecule has 0 saturated carbocycles. The molecule has 0 amide bonds. The Labute approximate surface area is 155 Å². The van der Waals surface area contributed by atoms with Crippen LogP contribution in [-0.2, 0) is 11.3 Å². The number of ether oxygens (including phenoxy) is 1. The summed E-state index contributed by atoms with van der Waals surface area (Å²) < 4.78 is 5.64. The van der Waals surface area contributed by atoms with E-state index in [-0.39, 0.29) is 5.54 Å². The van der Waals surface area contributed by atoms with Gasteiger partial charge in [0.1, 0.15) is 0 Å². The van der Waals surface area contributed by atoms with Crippen molar-refractivity contribution in [2.24, 2.45) is 4.99 Å². The number of rotatable bonds is 5. The van der Waals surface area contributed by atoms with Crippen molar-refractivity contribution >= 4 is 17.3 Å². The molecule has 3 rings (SSSR count). The van der Waals surface area contributed by atoms with Crippen molar-refractivity contribution in [3.8, 4) is 0 Å². The molecule has 0 atom stereocenters. The van der Waals surface area contributed by atoms with Crippen molar-refractivity contribution in [2.75, 3.05) is 46.9 Å². The topological polar surface area (TPSA) is 53.0 Å². The van der Waals surface area contributed by atoms with Crippen LogP contribution in [0, 0.1) is 6.92 Å². The molecule has 0 bridgehead atoms. The van der Waals surface area contributed by atoms with Gasteiger partial charge in [0.25, 0.3) is 0 Å². The highest BCUT2D eigenvalue weighted by molar-refractivity contribution is 7.09. The SMILES string of the molecule is CN=C(NCC1(N2CCCC2)CCOCC1)N(C)Cc1csc(C)n1. The summed E-state index contributed by atoms with van der Waals surface area (Å²) in [5.74, 6) is 0.940. The standard InChI is InChI=1S/C18H31N5OS/c1-15-21-16(13-25-15)12-22(3)17(19-2)20-14-18(6-10-24-11-7-18)23-8-4-5-9-23/h13H,4-12,14H2,1-3H3,(H,19,20). The number of aliphatic imine (C=N–C) groups is 1. The molecule has 2 fully saturated rings. The second-order valence-electron chi connectivity index (χ2n) is 7.15. The maximum Gasteiger partial charge on any atom is 0.193 e. The lowest BCUT2D eigenvalue weighted by Gasteiger charge is -2.45. The normalized spacial score (nSPS) is 21.5. The van der Waals surface area contributed by atoms with E-state index in [1.165, 1.54) is 25.9 Å². The van der Waals surface area contributed by atoms with E-state index < -0.39 is 0 Å². The Bertz CT molecular complexity index is 576. The maximum atomic E-state index is 5.64. The summed E-state index contributed by atoms with van der Waals surface area (Å²) in [4.78, 5) is 13.9. The minimum Gasteiger partial charge on any atom is -0.381 e. The third-order valence-corrected chi connectivity index (χ3v) is 6.24. The molecule has 140 valence electrons. The maximum absolute atomic E-state index is 5.64. The Morgan fingerprint density at radius 1 is 1.40 bits per heavy atom. The molecular weight excluding hydrogens is 334 g/mol. The van der Waals surface area contributed by atoms with E-state index in [1.54, 1.807) is 11.3 Å². The fraction of sp³-hybridized carbons (Fsp3) is 0.778. The second kappa shape index (κ2) is 8.47. The van der Waals surface area contributed by atoms with Gasteiger partial charge in [0.05, 0.1) is 17.2 Å². The van der Waals surface area contributed by atoms with Gasteiger partial charge in [-0.3, -0.25) is 9.89 Å². The molecule has 1 aromatic heterocycles. The zero-order chi connectivity index (χ0) is 17.7. The van der Waals surface area contributed by atoms with Crippen LogP contribution in [-0.4, -0.2) is 73.2 Å². The lowest BCUT2D eigenvalue weighted by atomic mass is 9.88. The van der Waals surface area contributed by atoms with Crippen LogP contribution in [0.25, 0.3) is 0 Å². The van der Waals surface area contributed by atoms with Crippen molar-refractivity contribution in [3.63, 3.8) is 0 Å². The van der Waals surface area contributed by atoms with E-state index in [0.29, 0.717) is 0 Å². The van der Waals surface area contributed by atoms with Crippen molar-refractivity contribution in [3.05, 3.63) is 16.1 Å². The summed E-state index contributed by atoms with van der Waals surface area (Å²) in [7, 11) is 3.94. The van der Waals surface area contributed by atoms with Crippen LogP contribution in [0.1, 0.15) is 36.4 Å². The summed E-state index contributed by atoms with van der Waals surface area (Å²) >= 11 is 1.70. The third kappa shape index (κ3) is 4.51. The Morgan fingerprint density at radius 3 is 2.72 bits per heavy atom. The van der Waals surface area contributed by atoms with Gasteiger partial charge < -0.3 is 15.0 Å². The quantitative estimate of drug-likeness (QED) is 0.640. The molecule has 0 spiro atoms. The van der Waals surface area contributed by atoms with Crippen molar-refractivity contribution < 1.29 is 4.74 Å². The van der Waals surface area contributed by atoms with Gasteiger partial charge in [0.15, 0.2) is 5.96 Å². The number of thiazole rings is 1. The van der Waals surface area contributed by atoms with Gasteiger partial charge in [-0.05, 0) is 45.7 Å². The zero-order valence-corrected chi connectivity index (χ0v) is 16.6. The Hall–Kier alpha value is -1.18. The fourth-order valence-electron chi connectivity index (χ4n) is 3.97. The molecule has 7 heteroatoms. The van der Waals surface area contributed by atoms with Crippen molar-refractivity contribution in [1.82, 2.24) is 20.1 Å². The highest BCUT2D eigenvalue weighted by Gasteiger charge is 2.39. The molecule has 2 aliphatic rings. The largest absolute Gasteiger partial charge is 0.381 e. The van der Waals surface area contributed by atoms with Gasteiger partial charge in [0.2, 0.25) is 0 Å². The second-order valence-corrected chi connectivity index (χ2v) is 8.21. The number of aromatic nitrogens is 1. The highest BCUT2D eigenvalue weighted by Crippen LogP contribution is 2.30. The zero-order valence-electron chi connectivity index (χ0n) is 15.8. The number of hydrogen-bond acceptors (Lipinski definition) is 5. The number of aryl methyl sites for hydroxylation is 1. The molecule has 1 N–H and O–H groups in total. The van der Waals surface area contributed by atoms with Crippen molar-refractivity contribution in [2.45, 2.75) is 44.7 Å². The Balaban J connectivity index is 1.61. The first kappa shape index (κ1) is 18.6. The summed E-state index contributed by atoms with van der Waals surface area (Å²) in [6.07, 6.45) is 4.85. The van der Waals surface area contributed by atoms with Gasteiger partial charge in [-0.1, -0.05) is 0 Å². The number of hydrogen-bond donors (Lipinski definition) is 1. The summed E-state index contributed by atoms with van der Waals surface area (Å²) in [5.41, 5.74) is 1.32. The van der Waals surface area contributed by atoms with Crippen LogP contribution in [0.15, 0.2) is 10.4 Å². The third-order valence-electron chi connectivity index (χ3n) is 5.42. The molecular formula is C18H31N5OS. The van der Waals surface area contributed by atoms with Crippen LogP contribution in [0.4, 0.5) is 0 Å². The fourth-order valence-corrected chi connectivity index (χ4v) is 4.58. The van der Waals surface area contributed by atoms with E-state index in [9.17, 15) is 0 Å². The minimum absolute atomic E-state index is 0.211. The number of likely N-dealkylation sites (tertiary alicyclic amines) is 1. The van der Waals surface area contributed by atoms with Gasteiger partial charge in [-0.25, -0.2) is 4.98 Å². The lowest BCUT2D eigenvalue weighted by molar-refractivity contribution is -0.0166. The summed E-state index contributed by atoms with van der Waals surface area (Å²) in [5, 5.41) is 6.88. The van der Waals surface area contributed by atoms with Gasteiger partial charge in [0, 0.05) is 44.8 Å². The van der Waals surface area contributed by atoms with Gasteiger partial charge in [-0.2, -0.15) is 0 Å². The number of nitrogens with zero attached hydrogens (tertiary/aromatic N) is 4. The number of guanidine groups is 1. The average molecular weight is 366 g/mol. The summed E-state index contributed by atoms with van der Waals surface area (Å²) in [6, 6.07) is 0. The van der Waals surface area contributed by atoms with E-state index in [1.807, 2.05) is 14.0 Å². The number of nitrogens with one attached hydrogen (secondary N) is 1. The van der Waals surface area contributed by atoms with Crippen LogP contribution in [0.2, 0.25) is 0 Å². The molecule has 0 aromatic carbocycles. The van der Waals surface area contributed by atoms with Crippen molar-refractivity contribution in [1.29, 1.82) is 0 Å². The molecule has 25 heavy (non-hydrogen) atoms. The van der Waals surface area contributed by atoms with Gasteiger partial charge in [-0.15, -0.1) is 11.3 Å². The summed E-state index contributed by atoms with van der Waals surface area (Å²) in [6.45, 7) is 7.93. The van der Waals surface area contributed by atoms with E-state index in [4.69, 9.17) is 4.74 Å². The van der Waals surface area contributed by atoms with E-state index >= 15 is 0 Å². The molecule has 2 aliphatic heterocycles. The molecule has 3 heterocycles. The van der Waals surface area contributed by atoms with Crippen LogP contribution < -0.4 is 5.32 Å². The molecule has 1 aromatic rings. The molecule has 6 nitrogen and oxygen atoms in total. The molecule has 2 saturated heterocycles. The average Bonchev–Trinajstić information content (AvgIpc) is 3.28. The van der Waals surface area contributed by atoms with Crippen LogP contribution in [0.5, 0.6) is 0 Å². The first-order chi connectivity index (χ1) is 12.1. The Morgan fingerprint density at radius 2 is 2.12 bits per heavy atom. The Kier molecular flexibility index (Phi) is 6.30. The first-order valence-corrected chi connectivity index (χ1v) is 10.2. The molecule has 0 radical (unpaired) electrons. The predicted molar refractivity (Wildman–Crippen MR) is 103 cm³/mol. The minimum atomic E-state index is 0.211. The molecule has 0 aliphatic carbocycles. The van der Waals surface area contributed by atoms with E-state index in [2.05, 4.69) is 37.5 Å².